The van der Waals surface area contributed by atoms with Crippen molar-refractivity contribution in [2.45, 2.75) is 31.3 Å². The van der Waals surface area contributed by atoms with Crippen molar-refractivity contribution in [2.75, 3.05) is 12.4 Å². The number of nitrogens with two attached hydrogens (primary N) is 1. The third-order valence-corrected chi connectivity index (χ3v) is 6.00. The molecule has 0 saturated carbocycles. The van der Waals surface area contributed by atoms with E-state index in [1.165, 1.54) is 11.1 Å². The van der Waals surface area contributed by atoms with Gasteiger partial charge in [-0.3, -0.25) is 4.79 Å². The van der Waals surface area contributed by atoms with Gasteiger partial charge in [-0.1, -0.05) is 66.2 Å². The fourth-order valence-electron chi connectivity index (χ4n) is 4.20. The van der Waals surface area contributed by atoms with Gasteiger partial charge in [0.2, 0.25) is 0 Å². The van der Waals surface area contributed by atoms with Gasteiger partial charge < -0.3 is 15.4 Å². The molecule has 0 aromatic heterocycles. The number of nitrogens with one attached hydrogen (secondary N) is 1. The van der Waals surface area contributed by atoms with Gasteiger partial charge in [0.05, 0.1) is 12.1 Å². The van der Waals surface area contributed by atoms with E-state index in [4.69, 9.17) is 16.3 Å². The van der Waals surface area contributed by atoms with Gasteiger partial charge in [-0.15, -0.1) is 0 Å². The quantitative estimate of drug-likeness (QED) is 0.607. The molecule has 3 N–H and O–H groups in total. The van der Waals surface area contributed by atoms with Crippen LogP contribution in [-0.4, -0.2) is 13.0 Å². The molecule has 30 heavy (non-hydrogen) atoms. The van der Waals surface area contributed by atoms with Crippen LogP contribution < -0.4 is 15.4 Å². The highest BCUT2D eigenvalue weighted by molar-refractivity contribution is 6.32. The Morgan fingerprint density at radius 2 is 1.87 bits per heavy atom. The lowest BCUT2D eigenvalue weighted by Gasteiger charge is -2.27. The van der Waals surface area contributed by atoms with Crippen molar-refractivity contribution < 1.29 is 14.8 Å². The largest absolute Gasteiger partial charge is 0.495 e. The zero-order chi connectivity index (χ0) is 20.9. The number of aryl methyl sites for hydroxylation is 1. The van der Waals surface area contributed by atoms with Gasteiger partial charge >= 0.3 is 0 Å². The van der Waals surface area contributed by atoms with E-state index in [2.05, 4.69) is 34.9 Å². The van der Waals surface area contributed by atoms with Gasteiger partial charge in [-0.2, -0.15) is 0 Å². The van der Waals surface area contributed by atoms with Crippen LogP contribution in [0.1, 0.15) is 41.6 Å². The third kappa shape index (κ3) is 4.50. The number of methoxy groups -OCH3 is 1. The second-order valence-corrected chi connectivity index (χ2v) is 8.02. The van der Waals surface area contributed by atoms with Crippen LogP contribution in [-0.2, 0) is 11.2 Å². The highest BCUT2D eigenvalue weighted by Crippen LogP contribution is 2.29. The van der Waals surface area contributed by atoms with E-state index >= 15 is 0 Å². The summed E-state index contributed by atoms with van der Waals surface area (Å²) >= 11 is 6.24. The molecule has 3 aromatic carbocycles. The van der Waals surface area contributed by atoms with Crippen LogP contribution in [0.3, 0.4) is 0 Å². The molecule has 0 unspecified atom stereocenters. The highest BCUT2D eigenvalue weighted by Gasteiger charge is 2.31. The maximum Gasteiger partial charge on any atom is 0.287 e. The third-order valence-electron chi connectivity index (χ3n) is 5.70. The molecule has 1 amide bonds. The van der Waals surface area contributed by atoms with Crippen molar-refractivity contribution in [1.29, 1.82) is 0 Å². The van der Waals surface area contributed by atoms with E-state index in [0.717, 1.165) is 24.8 Å². The van der Waals surface area contributed by atoms with Crippen LogP contribution >= 0.6 is 11.6 Å². The van der Waals surface area contributed by atoms with Crippen molar-refractivity contribution in [3.05, 3.63) is 94.5 Å². The summed E-state index contributed by atoms with van der Waals surface area (Å²) in [5.41, 5.74) is 4.37. The van der Waals surface area contributed by atoms with Gasteiger partial charge in [-0.25, -0.2) is 0 Å². The molecule has 3 aromatic rings. The Hall–Kier alpha value is -2.82. The molecule has 1 aliphatic rings. The molecule has 4 nitrogen and oxygen atoms in total. The van der Waals surface area contributed by atoms with Crippen molar-refractivity contribution >= 4 is 23.2 Å². The number of benzene rings is 3. The molecule has 4 rings (SSSR count). The average molecular weight is 422 g/mol. The Morgan fingerprint density at radius 1 is 1.10 bits per heavy atom. The number of amides is 1. The van der Waals surface area contributed by atoms with Crippen LogP contribution in [0.15, 0.2) is 72.8 Å². The van der Waals surface area contributed by atoms with Crippen LogP contribution in [0.4, 0.5) is 5.69 Å². The summed E-state index contributed by atoms with van der Waals surface area (Å²) in [6.45, 7) is 0. The fourth-order valence-corrected chi connectivity index (χ4v) is 4.46. The summed E-state index contributed by atoms with van der Waals surface area (Å²) in [6.07, 6.45) is 3.30. The minimum Gasteiger partial charge on any atom is -0.495 e. The molecular weight excluding hydrogens is 396 g/mol. The average Bonchev–Trinajstić information content (AvgIpc) is 2.78. The zero-order valence-electron chi connectivity index (χ0n) is 17.0. The molecule has 2 atom stereocenters. The lowest BCUT2D eigenvalue weighted by molar-refractivity contribution is -0.723. The van der Waals surface area contributed by atoms with Gasteiger partial charge in [-0.05, 0) is 36.6 Å². The molecule has 0 spiro atoms. The van der Waals surface area contributed by atoms with Gasteiger partial charge in [0.1, 0.15) is 11.8 Å². The van der Waals surface area contributed by atoms with Crippen molar-refractivity contribution in [2.24, 2.45) is 0 Å². The standard InChI is InChI=1S/C25H25ClN2O2/c1-30-23-15-14-19(16-21(23)26)27-25(29)24(18-9-3-2-4-10-18)28-22-13-7-11-17-8-5-6-12-20(17)22/h2-6,8-10,12,14-16,22,24,28H,7,11,13H2,1H3,(H,27,29)/p+1/t22-,24-/m1/s1. The number of halogens is 1. The molecule has 0 bridgehead atoms. The Labute approximate surface area is 182 Å². The minimum atomic E-state index is -0.358. The number of carbonyl (C=O) groups excluding carboxylic acids is 1. The lowest BCUT2D eigenvalue weighted by Crippen LogP contribution is -2.88. The summed E-state index contributed by atoms with van der Waals surface area (Å²) < 4.78 is 5.20. The number of carbonyl (C=O) groups is 1. The first kappa shape index (κ1) is 20.5. The Balaban J connectivity index is 1.59. The SMILES string of the molecule is COc1ccc(NC(=O)[C@H]([NH2+][C@@H]2CCCc3ccccc32)c2ccccc2)cc1Cl. The van der Waals surface area contributed by atoms with E-state index in [-0.39, 0.29) is 18.0 Å². The maximum atomic E-state index is 13.3. The molecule has 5 heteroatoms. The predicted molar refractivity (Wildman–Crippen MR) is 120 cm³/mol. The van der Waals surface area contributed by atoms with Crippen molar-refractivity contribution in [3.8, 4) is 5.75 Å². The topological polar surface area (TPSA) is 54.9 Å². The first-order valence-electron chi connectivity index (χ1n) is 10.3. The molecule has 154 valence electrons. The maximum absolute atomic E-state index is 13.3. The summed E-state index contributed by atoms with van der Waals surface area (Å²) in [5.74, 6) is 0.519. The number of quaternary nitrogens is 1. The monoisotopic (exact) mass is 421 g/mol. The number of hydrogen-bond acceptors (Lipinski definition) is 2. The van der Waals surface area contributed by atoms with E-state index < -0.39 is 0 Å². The normalized spacial score (nSPS) is 16.4. The summed E-state index contributed by atoms with van der Waals surface area (Å²) in [5, 5.41) is 5.71. The summed E-state index contributed by atoms with van der Waals surface area (Å²) in [6, 6.07) is 23.7. The number of ether oxygens (including phenoxy) is 1. The molecule has 0 fully saturated rings. The van der Waals surface area contributed by atoms with Gasteiger partial charge in [0.25, 0.3) is 5.91 Å². The smallest absolute Gasteiger partial charge is 0.287 e. The van der Waals surface area contributed by atoms with Gasteiger partial charge in [0.15, 0.2) is 6.04 Å². The van der Waals surface area contributed by atoms with E-state index in [1.54, 1.807) is 25.3 Å². The number of anilines is 1. The van der Waals surface area contributed by atoms with Crippen molar-refractivity contribution in [1.82, 2.24) is 0 Å². The number of hydrogen-bond donors (Lipinski definition) is 2. The molecule has 0 heterocycles. The van der Waals surface area contributed by atoms with Crippen LogP contribution in [0.5, 0.6) is 5.75 Å². The molecular formula is C25H26ClN2O2+. The second kappa shape index (κ2) is 9.33. The summed E-state index contributed by atoms with van der Waals surface area (Å²) in [4.78, 5) is 13.3. The minimum absolute atomic E-state index is 0.0644. The fraction of sp³-hybridized carbons (Fsp3) is 0.240. The van der Waals surface area contributed by atoms with E-state index in [0.29, 0.717) is 16.5 Å². The lowest BCUT2D eigenvalue weighted by atomic mass is 9.87. The van der Waals surface area contributed by atoms with E-state index in [1.807, 2.05) is 30.3 Å². The highest BCUT2D eigenvalue weighted by atomic mass is 35.5. The molecule has 1 aliphatic carbocycles. The Bertz CT molecular complexity index is 1020. The van der Waals surface area contributed by atoms with Crippen molar-refractivity contribution in [3.63, 3.8) is 0 Å². The zero-order valence-corrected chi connectivity index (χ0v) is 17.7. The van der Waals surface area contributed by atoms with Crippen LogP contribution in [0, 0.1) is 0 Å². The molecule has 0 aliphatic heterocycles. The summed E-state index contributed by atoms with van der Waals surface area (Å²) in [7, 11) is 1.57. The first-order chi connectivity index (χ1) is 14.7. The predicted octanol–water partition coefficient (Wildman–Crippen LogP) is 4.67. The second-order valence-electron chi connectivity index (χ2n) is 7.62. The van der Waals surface area contributed by atoms with E-state index in [9.17, 15) is 4.79 Å². The van der Waals surface area contributed by atoms with Crippen LogP contribution in [0.2, 0.25) is 5.02 Å². The Morgan fingerprint density at radius 3 is 2.63 bits per heavy atom. The first-order valence-corrected chi connectivity index (χ1v) is 10.7. The number of rotatable bonds is 6. The molecule has 0 saturated heterocycles. The molecule has 0 radical (unpaired) electrons. The van der Waals surface area contributed by atoms with Crippen LogP contribution in [0.25, 0.3) is 0 Å². The number of fused-ring (bicyclic) bond motifs is 1. The Kier molecular flexibility index (Phi) is 6.36. The van der Waals surface area contributed by atoms with Gasteiger partial charge in [0, 0.05) is 23.2 Å².